The third kappa shape index (κ3) is 3.35. The molecule has 0 aliphatic carbocycles. The van der Waals surface area contributed by atoms with Gasteiger partial charge in [0.1, 0.15) is 5.82 Å². The molecule has 0 bridgehead atoms. The molecule has 0 radical (unpaired) electrons. The van der Waals surface area contributed by atoms with Gasteiger partial charge in [-0.3, -0.25) is 9.78 Å². The van der Waals surface area contributed by atoms with Crippen LogP contribution >= 0.6 is 0 Å². The maximum atomic E-state index is 11.3. The summed E-state index contributed by atoms with van der Waals surface area (Å²) in [5.41, 5.74) is 11.7. The molecular formula is C22H18N4O. The Balaban J connectivity index is 1.86. The molecule has 4 rings (SSSR count). The van der Waals surface area contributed by atoms with Crippen LogP contribution in [-0.4, -0.2) is 20.9 Å². The van der Waals surface area contributed by atoms with E-state index in [9.17, 15) is 4.79 Å². The Labute approximate surface area is 156 Å². The van der Waals surface area contributed by atoms with Crippen molar-refractivity contribution < 1.29 is 4.79 Å². The molecule has 0 atom stereocenters. The summed E-state index contributed by atoms with van der Waals surface area (Å²) < 4.78 is 0. The lowest BCUT2D eigenvalue weighted by Gasteiger charge is -2.03. The van der Waals surface area contributed by atoms with E-state index in [1.165, 1.54) is 5.56 Å². The SMILES string of the molecule is Cc1cccc(-c2nc(-c3ccc(C(N)=O)cc3)[nH]c2-c2ccncc2)c1. The van der Waals surface area contributed by atoms with E-state index in [2.05, 4.69) is 29.0 Å². The van der Waals surface area contributed by atoms with Crippen molar-refractivity contribution in [2.45, 2.75) is 6.92 Å². The first kappa shape index (κ1) is 16.7. The fourth-order valence-electron chi connectivity index (χ4n) is 3.03. The van der Waals surface area contributed by atoms with Crippen molar-refractivity contribution in [3.05, 3.63) is 84.2 Å². The monoisotopic (exact) mass is 354 g/mol. The number of aromatic amines is 1. The number of pyridine rings is 1. The number of aromatic nitrogens is 3. The van der Waals surface area contributed by atoms with E-state index in [0.717, 1.165) is 33.9 Å². The van der Waals surface area contributed by atoms with Crippen LogP contribution in [0.3, 0.4) is 0 Å². The molecule has 0 aliphatic rings. The second kappa shape index (κ2) is 6.88. The van der Waals surface area contributed by atoms with E-state index in [1.807, 2.05) is 36.4 Å². The molecule has 2 aromatic heterocycles. The third-order valence-electron chi connectivity index (χ3n) is 4.41. The van der Waals surface area contributed by atoms with Gasteiger partial charge in [-0.05, 0) is 37.3 Å². The van der Waals surface area contributed by atoms with Crippen LogP contribution in [0, 0.1) is 6.92 Å². The van der Waals surface area contributed by atoms with E-state index >= 15 is 0 Å². The average molecular weight is 354 g/mol. The first-order chi connectivity index (χ1) is 13.1. The van der Waals surface area contributed by atoms with Gasteiger partial charge in [0.2, 0.25) is 5.91 Å². The number of hydrogen-bond acceptors (Lipinski definition) is 3. The first-order valence-corrected chi connectivity index (χ1v) is 8.59. The van der Waals surface area contributed by atoms with Crippen molar-refractivity contribution >= 4 is 5.91 Å². The van der Waals surface area contributed by atoms with Crippen LogP contribution in [0.25, 0.3) is 33.9 Å². The van der Waals surface area contributed by atoms with Gasteiger partial charge in [0, 0.05) is 34.6 Å². The van der Waals surface area contributed by atoms with Crippen molar-refractivity contribution in [2.24, 2.45) is 5.73 Å². The molecule has 4 aromatic rings. The summed E-state index contributed by atoms with van der Waals surface area (Å²) in [7, 11) is 0. The van der Waals surface area contributed by atoms with Gasteiger partial charge in [-0.25, -0.2) is 4.98 Å². The minimum absolute atomic E-state index is 0.445. The number of nitrogens with zero attached hydrogens (tertiary/aromatic N) is 2. The molecule has 5 heteroatoms. The highest BCUT2D eigenvalue weighted by Gasteiger charge is 2.15. The van der Waals surface area contributed by atoms with E-state index in [4.69, 9.17) is 10.7 Å². The van der Waals surface area contributed by atoms with Crippen LogP contribution in [0.15, 0.2) is 73.1 Å². The minimum atomic E-state index is -0.445. The fourth-order valence-corrected chi connectivity index (χ4v) is 3.03. The Kier molecular flexibility index (Phi) is 4.26. The Morgan fingerprint density at radius 2 is 1.67 bits per heavy atom. The van der Waals surface area contributed by atoms with Gasteiger partial charge in [0.15, 0.2) is 0 Å². The number of nitrogens with one attached hydrogen (secondary N) is 1. The lowest BCUT2D eigenvalue weighted by atomic mass is 10.0. The predicted molar refractivity (Wildman–Crippen MR) is 106 cm³/mol. The third-order valence-corrected chi connectivity index (χ3v) is 4.41. The number of H-pyrrole nitrogens is 1. The van der Waals surface area contributed by atoms with Crippen molar-refractivity contribution in [3.63, 3.8) is 0 Å². The Bertz CT molecular complexity index is 1100. The normalized spacial score (nSPS) is 10.7. The highest BCUT2D eigenvalue weighted by atomic mass is 16.1. The summed E-state index contributed by atoms with van der Waals surface area (Å²) in [5, 5.41) is 0. The molecule has 1 amide bonds. The lowest BCUT2D eigenvalue weighted by Crippen LogP contribution is -2.10. The minimum Gasteiger partial charge on any atom is -0.366 e. The first-order valence-electron chi connectivity index (χ1n) is 8.59. The second-order valence-corrected chi connectivity index (χ2v) is 6.36. The van der Waals surface area contributed by atoms with Crippen LogP contribution in [-0.2, 0) is 0 Å². The molecule has 3 N–H and O–H groups in total. The van der Waals surface area contributed by atoms with E-state index < -0.39 is 5.91 Å². The van der Waals surface area contributed by atoms with Gasteiger partial charge < -0.3 is 10.7 Å². The van der Waals surface area contributed by atoms with Crippen LogP contribution in [0.5, 0.6) is 0 Å². The molecule has 2 heterocycles. The van der Waals surface area contributed by atoms with Gasteiger partial charge in [0.05, 0.1) is 11.4 Å². The van der Waals surface area contributed by atoms with Crippen molar-refractivity contribution in [2.75, 3.05) is 0 Å². The van der Waals surface area contributed by atoms with Crippen molar-refractivity contribution in [1.82, 2.24) is 15.0 Å². The number of amides is 1. The van der Waals surface area contributed by atoms with Gasteiger partial charge in [-0.15, -0.1) is 0 Å². The molecule has 27 heavy (non-hydrogen) atoms. The summed E-state index contributed by atoms with van der Waals surface area (Å²) in [5.74, 6) is 0.285. The summed E-state index contributed by atoms with van der Waals surface area (Å²) in [4.78, 5) is 23.7. The average Bonchev–Trinajstić information content (AvgIpc) is 3.14. The number of rotatable bonds is 4. The molecule has 0 saturated carbocycles. The van der Waals surface area contributed by atoms with Crippen LogP contribution in [0.4, 0.5) is 0 Å². The number of imidazole rings is 1. The van der Waals surface area contributed by atoms with Gasteiger partial charge in [-0.1, -0.05) is 35.9 Å². The molecule has 0 spiro atoms. The molecule has 0 saturated heterocycles. The summed E-state index contributed by atoms with van der Waals surface area (Å²) in [6.07, 6.45) is 3.52. The van der Waals surface area contributed by atoms with Gasteiger partial charge >= 0.3 is 0 Å². The summed E-state index contributed by atoms with van der Waals surface area (Å²) >= 11 is 0. The Morgan fingerprint density at radius 3 is 2.33 bits per heavy atom. The maximum Gasteiger partial charge on any atom is 0.248 e. The van der Waals surface area contributed by atoms with Crippen LogP contribution in [0.2, 0.25) is 0 Å². The second-order valence-electron chi connectivity index (χ2n) is 6.36. The number of benzene rings is 2. The Morgan fingerprint density at radius 1 is 0.926 bits per heavy atom. The van der Waals surface area contributed by atoms with E-state index in [0.29, 0.717) is 5.56 Å². The molecule has 0 fully saturated rings. The Hall–Kier alpha value is -3.73. The highest BCUT2D eigenvalue weighted by molar-refractivity contribution is 5.93. The lowest BCUT2D eigenvalue weighted by molar-refractivity contribution is 0.100. The number of carbonyl (C=O) groups excluding carboxylic acids is 1. The van der Waals surface area contributed by atoms with Gasteiger partial charge in [-0.2, -0.15) is 0 Å². The standard InChI is InChI=1S/C22H18N4O/c1-14-3-2-4-18(13-14)20-19(15-9-11-24-12-10-15)25-22(26-20)17-7-5-16(6-8-17)21(23)27/h2-13H,1H3,(H2,23,27)(H,25,26). The smallest absolute Gasteiger partial charge is 0.248 e. The van der Waals surface area contributed by atoms with Crippen LogP contribution < -0.4 is 5.73 Å². The molecule has 2 aromatic carbocycles. The number of carbonyl (C=O) groups is 1. The fraction of sp³-hybridized carbons (Fsp3) is 0.0455. The van der Waals surface area contributed by atoms with Crippen molar-refractivity contribution in [3.8, 4) is 33.9 Å². The zero-order valence-electron chi connectivity index (χ0n) is 14.8. The number of hydrogen-bond donors (Lipinski definition) is 2. The molecule has 0 unspecified atom stereocenters. The molecule has 0 aliphatic heterocycles. The number of nitrogens with two attached hydrogens (primary N) is 1. The number of primary amides is 1. The van der Waals surface area contributed by atoms with Crippen molar-refractivity contribution in [1.29, 1.82) is 0 Å². The zero-order chi connectivity index (χ0) is 18.8. The largest absolute Gasteiger partial charge is 0.366 e. The summed E-state index contributed by atoms with van der Waals surface area (Å²) in [6, 6.07) is 19.2. The quantitative estimate of drug-likeness (QED) is 0.575. The molecule has 5 nitrogen and oxygen atoms in total. The van der Waals surface area contributed by atoms with Gasteiger partial charge in [0.25, 0.3) is 0 Å². The van der Waals surface area contributed by atoms with E-state index in [1.54, 1.807) is 24.5 Å². The number of aryl methyl sites for hydroxylation is 1. The molecule has 132 valence electrons. The van der Waals surface area contributed by atoms with E-state index in [-0.39, 0.29) is 0 Å². The predicted octanol–water partition coefficient (Wildman–Crippen LogP) is 4.21. The summed E-state index contributed by atoms with van der Waals surface area (Å²) in [6.45, 7) is 2.06. The highest BCUT2D eigenvalue weighted by Crippen LogP contribution is 2.33. The topological polar surface area (TPSA) is 84.7 Å². The molecular weight excluding hydrogens is 336 g/mol. The maximum absolute atomic E-state index is 11.3. The zero-order valence-corrected chi connectivity index (χ0v) is 14.8. The van der Waals surface area contributed by atoms with Crippen LogP contribution in [0.1, 0.15) is 15.9 Å².